The summed E-state index contributed by atoms with van der Waals surface area (Å²) in [6, 6.07) is 4.51. The molecule has 0 N–H and O–H groups in total. The largest absolute Gasteiger partial charge is 0.481 e. The topological polar surface area (TPSA) is 82.0 Å². The van der Waals surface area contributed by atoms with Crippen molar-refractivity contribution >= 4 is 5.91 Å². The number of carbonyl (C=O) groups is 1. The molecule has 2 aromatic rings. The van der Waals surface area contributed by atoms with Gasteiger partial charge in [-0.2, -0.15) is 13.2 Å². The van der Waals surface area contributed by atoms with Crippen molar-refractivity contribution in [1.29, 1.82) is 0 Å². The molecule has 0 saturated carbocycles. The third kappa shape index (κ3) is 8.49. The molecule has 0 aliphatic carbocycles. The minimum atomic E-state index is -4.38. The Kier molecular flexibility index (Phi) is 10.3. The molecule has 1 aromatic heterocycles. The van der Waals surface area contributed by atoms with Gasteiger partial charge in [-0.3, -0.25) is 9.69 Å². The first-order valence-electron chi connectivity index (χ1n) is 15.1. The van der Waals surface area contributed by atoms with E-state index in [1.54, 1.807) is 10.9 Å². The first-order chi connectivity index (χ1) is 20.7. The standard InChI is InChI=1S/C31H40F3N5O4/c1-22(39-20-25(35-36-39)5-3-17-41-26-9-7-24(8-10-26)31(32,33)34)19-27-11-12-29(43-27)23(2)30(40)38-15-13-37(14-16-38)21-28-6-4-18-42-28/h7-10,20,22-23,27-29H,4,6,11-19,21H2,1-2H3/t22-,23-,27+,28?,29-/m1/s1. The lowest BCUT2D eigenvalue weighted by atomic mass is 9.99. The van der Waals surface area contributed by atoms with Gasteiger partial charge in [0.15, 0.2) is 5.69 Å². The number of alkyl halides is 3. The summed E-state index contributed by atoms with van der Waals surface area (Å²) in [7, 11) is 0. The van der Waals surface area contributed by atoms with Crippen LogP contribution in [0.1, 0.15) is 63.3 Å². The van der Waals surface area contributed by atoms with Crippen molar-refractivity contribution in [3.05, 3.63) is 41.7 Å². The van der Waals surface area contributed by atoms with E-state index in [2.05, 4.69) is 27.1 Å². The van der Waals surface area contributed by atoms with Crippen molar-refractivity contribution in [2.24, 2.45) is 5.92 Å². The molecular formula is C31H40F3N5O4. The van der Waals surface area contributed by atoms with Gasteiger partial charge in [-0.05, 0) is 69.2 Å². The molecule has 4 heterocycles. The van der Waals surface area contributed by atoms with Crippen LogP contribution in [0.25, 0.3) is 0 Å². The van der Waals surface area contributed by atoms with Crippen LogP contribution in [-0.4, -0.2) is 95.0 Å². The summed E-state index contributed by atoms with van der Waals surface area (Å²) in [6.45, 7) is 9.15. The average Bonchev–Trinajstić information content (AvgIpc) is 3.78. The molecule has 3 fully saturated rings. The molecule has 1 aromatic carbocycles. The molecule has 1 amide bonds. The van der Waals surface area contributed by atoms with Crippen LogP contribution in [0.4, 0.5) is 13.2 Å². The minimum absolute atomic E-state index is 0.00704. The van der Waals surface area contributed by atoms with Gasteiger partial charge in [0.05, 0.1) is 42.0 Å². The van der Waals surface area contributed by atoms with Crippen LogP contribution in [0.3, 0.4) is 0 Å². The monoisotopic (exact) mass is 603 g/mol. The number of carbonyl (C=O) groups excluding carboxylic acids is 1. The number of benzene rings is 1. The van der Waals surface area contributed by atoms with Crippen LogP contribution in [0.5, 0.6) is 5.75 Å². The van der Waals surface area contributed by atoms with E-state index in [0.717, 1.165) is 83.6 Å². The highest BCUT2D eigenvalue weighted by molar-refractivity contribution is 5.79. The number of nitrogens with zero attached hydrogens (tertiary/aromatic N) is 5. The van der Waals surface area contributed by atoms with Crippen LogP contribution in [0, 0.1) is 17.8 Å². The van der Waals surface area contributed by atoms with Gasteiger partial charge in [-0.1, -0.05) is 18.1 Å². The van der Waals surface area contributed by atoms with Crippen LogP contribution in [0.15, 0.2) is 30.5 Å². The van der Waals surface area contributed by atoms with Crippen molar-refractivity contribution in [1.82, 2.24) is 24.8 Å². The third-order valence-corrected chi connectivity index (χ3v) is 8.53. The number of hydrogen-bond donors (Lipinski definition) is 0. The number of aromatic nitrogens is 3. The Morgan fingerprint density at radius 2 is 1.86 bits per heavy atom. The van der Waals surface area contributed by atoms with E-state index in [4.69, 9.17) is 14.2 Å². The van der Waals surface area contributed by atoms with Crippen LogP contribution < -0.4 is 4.74 Å². The van der Waals surface area contributed by atoms with Crippen molar-refractivity contribution in [2.45, 2.75) is 76.5 Å². The summed E-state index contributed by atoms with van der Waals surface area (Å²) in [5, 5.41) is 8.30. The van der Waals surface area contributed by atoms with Crippen LogP contribution in [0.2, 0.25) is 0 Å². The molecule has 5 rings (SSSR count). The summed E-state index contributed by atoms with van der Waals surface area (Å²) in [5.74, 6) is 5.99. The Bertz CT molecular complexity index is 1260. The SMILES string of the molecule is C[C@H](C[C@@H]1CC[C@H]([C@@H](C)C(=O)N2CCN(CC3CCCO3)CC2)O1)n1cc(C#CCOc2ccc(C(F)(F)F)cc2)nn1. The quantitative estimate of drug-likeness (QED) is 0.398. The van der Waals surface area contributed by atoms with Crippen molar-refractivity contribution in [3.63, 3.8) is 0 Å². The Hall–Kier alpha value is -3.14. The maximum atomic E-state index is 13.2. The molecule has 0 radical (unpaired) electrons. The van der Waals surface area contributed by atoms with E-state index in [-0.39, 0.29) is 36.7 Å². The van der Waals surface area contributed by atoms with Crippen LogP contribution in [-0.2, 0) is 20.4 Å². The molecule has 5 atom stereocenters. The van der Waals surface area contributed by atoms with E-state index in [9.17, 15) is 18.0 Å². The second-order valence-electron chi connectivity index (χ2n) is 11.7. The Balaban J connectivity index is 1.02. The Morgan fingerprint density at radius 3 is 2.56 bits per heavy atom. The first kappa shape index (κ1) is 31.3. The zero-order chi connectivity index (χ0) is 30.4. The van der Waals surface area contributed by atoms with E-state index in [0.29, 0.717) is 17.5 Å². The van der Waals surface area contributed by atoms with Gasteiger partial charge in [0.25, 0.3) is 0 Å². The summed E-state index contributed by atoms with van der Waals surface area (Å²) in [5.41, 5.74) is -0.253. The molecule has 3 saturated heterocycles. The highest BCUT2D eigenvalue weighted by atomic mass is 19.4. The molecule has 3 aliphatic heterocycles. The predicted octanol–water partition coefficient (Wildman–Crippen LogP) is 4.19. The normalized spacial score (nSPS) is 24.4. The minimum Gasteiger partial charge on any atom is -0.481 e. The maximum Gasteiger partial charge on any atom is 0.416 e. The number of piperazine rings is 1. The number of ether oxygens (including phenoxy) is 3. The molecule has 9 nitrogen and oxygen atoms in total. The molecule has 0 bridgehead atoms. The molecule has 43 heavy (non-hydrogen) atoms. The number of rotatable bonds is 9. The van der Waals surface area contributed by atoms with Gasteiger partial charge in [0.2, 0.25) is 5.91 Å². The van der Waals surface area contributed by atoms with Gasteiger partial charge in [0.1, 0.15) is 12.4 Å². The molecular weight excluding hydrogens is 563 g/mol. The van der Waals surface area contributed by atoms with Crippen LogP contribution >= 0.6 is 0 Å². The fraction of sp³-hybridized carbons (Fsp3) is 0.645. The molecule has 12 heteroatoms. The van der Waals surface area contributed by atoms with Gasteiger partial charge in [-0.15, -0.1) is 5.10 Å². The highest BCUT2D eigenvalue weighted by Crippen LogP contribution is 2.32. The lowest BCUT2D eigenvalue weighted by Gasteiger charge is -2.37. The number of amides is 1. The van der Waals surface area contributed by atoms with Gasteiger partial charge >= 0.3 is 6.18 Å². The maximum absolute atomic E-state index is 13.2. The van der Waals surface area contributed by atoms with Crippen molar-refractivity contribution < 1.29 is 32.2 Å². The molecule has 3 aliphatic rings. The summed E-state index contributed by atoms with van der Waals surface area (Å²) in [6.07, 6.45) is 2.43. The average molecular weight is 604 g/mol. The van der Waals surface area contributed by atoms with Gasteiger partial charge in [-0.25, -0.2) is 4.68 Å². The smallest absolute Gasteiger partial charge is 0.416 e. The zero-order valence-corrected chi connectivity index (χ0v) is 24.8. The summed E-state index contributed by atoms with van der Waals surface area (Å²) < 4.78 is 57.3. The van der Waals surface area contributed by atoms with E-state index < -0.39 is 11.7 Å². The summed E-state index contributed by atoms with van der Waals surface area (Å²) >= 11 is 0. The fourth-order valence-corrected chi connectivity index (χ4v) is 5.97. The number of halogens is 3. The van der Waals surface area contributed by atoms with Crippen molar-refractivity contribution in [3.8, 4) is 17.6 Å². The number of hydrogen-bond acceptors (Lipinski definition) is 7. The lowest BCUT2D eigenvalue weighted by Crippen LogP contribution is -2.52. The molecule has 234 valence electrons. The predicted molar refractivity (Wildman–Crippen MR) is 152 cm³/mol. The second kappa shape index (κ2) is 14.1. The van der Waals surface area contributed by atoms with E-state index in [1.807, 2.05) is 18.7 Å². The fourth-order valence-electron chi connectivity index (χ4n) is 5.97. The molecule has 1 unspecified atom stereocenters. The Labute approximate surface area is 250 Å². The van der Waals surface area contributed by atoms with Gasteiger partial charge in [0, 0.05) is 39.3 Å². The summed E-state index contributed by atoms with van der Waals surface area (Å²) in [4.78, 5) is 17.6. The molecule has 0 spiro atoms. The third-order valence-electron chi connectivity index (χ3n) is 8.53. The lowest BCUT2D eigenvalue weighted by molar-refractivity contribution is -0.142. The first-order valence-corrected chi connectivity index (χ1v) is 15.1. The van der Waals surface area contributed by atoms with E-state index in [1.165, 1.54) is 12.1 Å². The van der Waals surface area contributed by atoms with Gasteiger partial charge < -0.3 is 19.1 Å². The zero-order valence-electron chi connectivity index (χ0n) is 24.8. The van der Waals surface area contributed by atoms with E-state index >= 15 is 0 Å². The van der Waals surface area contributed by atoms with Crippen molar-refractivity contribution in [2.75, 3.05) is 45.9 Å². The highest BCUT2D eigenvalue weighted by Gasteiger charge is 2.36. The Morgan fingerprint density at radius 1 is 1.09 bits per heavy atom. The second-order valence-corrected chi connectivity index (χ2v) is 11.7.